The molecule has 35 heavy (non-hydrogen) atoms. The Bertz CT molecular complexity index is 1320. The van der Waals surface area contributed by atoms with Gasteiger partial charge >= 0.3 is 0 Å². The Morgan fingerprint density at radius 1 is 1.31 bits per heavy atom. The van der Waals surface area contributed by atoms with Gasteiger partial charge in [0.05, 0.1) is 28.1 Å². The Labute approximate surface area is 205 Å². The van der Waals surface area contributed by atoms with Crippen molar-refractivity contribution in [3.63, 3.8) is 0 Å². The largest absolute Gasteiger partial charge is 0.396 e. The molecule has 2 fully saturated rings. The van der Waals surface area contributed by atoms with Gasteiger partial charge in [-0.1, -0.05) is 6.07 Å². The molecule has 184 valence electrons. The number of H-pyrrole nitrogens is 1. The van der Waals surface area contributed by atoms with Crippen LogP contribution >= 0.6 is 7.14 Å². The number of rotatable bonds is 6. The molecule has 4 heterocycles. The predicted molar refractivity (Wildman–Crippen MR) is 140 cm³/mol. The van der Waals surface area contributed by atoms with Crippen LogP contribution in [-0.2, 0) is 11.0 Å². The van der Waals surface area contributed by atoms with Gasteiger partial charge in [0.1, 0.15) is 7.14 Å². The number of hydrogen-bond acceptors (Lipinski definition) is 7. The number of hydrogen-bond donors (Lipinski definition) is 4. The van der Waals surface area contributed by atoms with E-state index in [1.165, 1.54) is 0 Å². The average Bonchev–Trinajstić information content (AvgIpc) is 3.48. The minimum Gasteiger partial charge on any atom is -0.396 e. The van der Waals surface area contributed by atoms with Crippen molar-refractivity contribution in [1.29, 1.82) is 5.26 Å². The SMILES string of the molecule is CC1(C)CC[C@H](Nc2ncc(CCO)c(-c3c[nH]c4c(P5(=O)CCCC5)c(C#N)ccc34)n2)CN1. The Morgan fingerprint density at radius 3 is 2.80 bits per heavy atom. The van der Waals surface area contributed by atoms with Crippen molar-refractivity contribution in [1.82, 2.24) is 20.3 Å². The molecule has 2 aliphatic heterocycles. The highest BCUT2D eigenvalue weighted by Crippen LogP contribution is 2.53. The third-order valence-corrected chi connectivity index (χ3v) is 10.8. The first kappa shape index (κ1) is 24.0. The lowest BCUT2D eigenvalue weighted by Crippen LogP contribution is -2.50. The van der Waals surface area contributed by atoms with E-state index in [0.29, 0.717) is 35.6 Å². The van der Waals surface area contributed by atoms with Crippen LogP contribution in [0.25, 0.3) is 22.2 Å². The van der Waals surface area contributed by atoms with Crippen molar-refractivity contribution in [3.05, 3.63) is 35.7 Å². The van der Waals surface area contributed by atoms with Crippen LogP contribution in [-0.4, -0.2) is 57.1 Å². The summed E-state index contributed by atoms with van der Waals surface area (Å²) in [5, 5.41) is 28.1. The van der Waals surface area contributed by atoms with Crippen LogP contribution < -0.4 is 15.9 Å². The van der Waals surface area contributed by atoms with Crippen molar-refractivity contribution in [2.45, 2.75) is 57.5 Å². The predicted octanol–water partition coefficient (Wildman–Crippen LogP) is 3.76. The van der Waals surface area contributed by atoms with Gasteiger partial charge in [0.15, 0.2) is 0 Å². The number of aliphatic hydroxyl groups is 1. The summed E-state index contributed by atoms with van der Waals surface area (Å²) in [6, 6.07) is 6.20. The number of aromatic nitrogens is 3. The molecule has 0 spiro atoms. The van der Waals surface area contributed by atoms with Gasteiger partial charge in [-0.15, -0.1) is 0 Å². The normalized spacial score (nSPS) is 21.1. The standard InChI is InChI=1S/C26H33N6O2P/c1-26(2)9-7-19(15-30-26)31-25-29-14-18(8-10-33)22(32-25)21-16-28-23-20(21)6-5-17(13-27)24(23)35(34)11-3-4-12-35/h5-6,14,16,19,28,30,33H,3-4,7-12,15H2,1-2H3,(H,29,31,32)/t19-/m0/s1. The number of benzene rings is 1. The fraction of sp³-hybridized carbons (Fsp3) is 0.500. The molecule has 1 aromatic carbocycles. The highest BCUT2D eigenvalue weighted by Gasteiger charge is 2.34. The van der Waals surface area contributed by atoms with Gasteiger partial charge < -0.3 is 25.3 Å². The summed E-state index contributed by atoms with van der Waals surface area (Å²) in [5.74, 6) is 0.556. The first-order valence-corrected chi connectivity index (χ1v) is 14.5. The minimum absolute atomic E-state index is 0.00779. The molecule has 8 nitrogen and oxygen atoms in total. The van der Waals surface area contributed by atoms with Crippen LogP contribution in [0.5, 0.6) is 0 Å². The molecule has 4 N–H and O–H groups in total. The molecule has 9 heteroatoms. The maximum atomic E-state index is 13.8. The van der Waals surface area contributed by atoms with E-state index in [4.69, 9.17) is 4.98 Å². The van der Waals surface area contributed by atoms with Gasteiger partial charge in [-0.2, -0.15) is 5.26 Å². The third-order valence-electron chi connectivity index (χ3n) is 7.42. The summed E-state index contributed by atoms with van der Waals surface area (Å²) < 4.78 is 13.8. The molecule has 0 bridgehead atoms. The summed E-state index contributed by atoms with van der Waals surface area (Å²) in [6.07, 6.45) is 9.35. The summed E-state index contributed by atoms with van der Waals surface area (Å²) in [6.45, 7) is 5.26. The molecule has 1 atom stereocenters. The third kappa shape index (κ3) is 4.61. The van der Waals surface area contributed by atoms with Crippen molar-refractivity contribution in [2.24, 2.45) is 0 Å². The van der Waals surface area contributed by atoms with E-state index < -0.39 is 7.14 Å². The molecule has 5 rings (SSSR count). The molecule has 2 aromatic heterocycles. The van der Waals surface area contributed by atoms with Crippen molar-refractivity contribution >= 4 is 29.3 Å². The first-order chi connectivity index (χ1) is 16.8. The fourth-order valence-electron chi connectivity index (χ4n) is 5.41. The van der Waals surface area contributed by atoms with Crippen LogP contribution in [0.2, 0.25) is 0 Å². The summed E-state index contributed by atoms with van der Waals surface area (Å²) in [4.78, 5) is 12.8. The Kier molecular flexibility index (Phi) is 6.43. The molecule has 0 aliphatic carbocycles. The molecule has 0 amide bonds. The summed E-state index contributed by atoms with van der Waals surface area (Å²) in [7, 11) is -2.62. The highest BCUT2D eigenvalue weighted by atomic mass is 31.2. The second-order valence-corrected chi connectivity index (χ2v) is 13.5. The van der Waals surface area contributed by atoms with E-state index >= 15 is 0 Å². The lowest BCUT2D eigenvalue weighted by atomic mass is 9.91. The molecular weight excluding hydrogens is 459 g/mol. The van der Waals surface area contributed by atoms with Crippen molar-refractivity contribution < 1.29 is 9.67 Å². The van der Waals surface area contributed by atoms with E-state index in [9.17, 15) is 14.9 Å². The van der Waals surface area contributed by atoms with E-state index in [0.717, 1.165) is 60.0 Å². The summed E-state index contributed by atoms with van der Waals surface area (Å²) >= 11 is 0. The second kappa shape index (κ2) is 9.39. The molecule has 2 aliphatic rings. The smallest absolute Gasteiger partial charge is 0.223 e. The highest BCUT2D eigenvalue weighted by molar-refractivity contribution is 7.72. The fourth-order valence-corrected chi connectivity index (χ4v) is 8.70. The molecule has 2 saturated heterocycles. The Hall–Kier alpha value is -2.72. The average molecular weight is 493 g/mol. The number of fused-ring (bicyclic) bond motifs is 1. The monoisotopic (exact) mass is 492 g/mol. The first-order valence-electron chi connectivity index (χ1n) is 12.5. The van der Waals surface area contributed by atoms with Gasteiger partial charge in [0.25, 0.3) is 0 Å². The van der Waals surface area contributed by atoms with Crippen LogP contribution in [0.4, 0.5) is 5.95 Å². The van der Waals surface area contributed by atoms with Crippen molar-refractivity contribution in [2.75, 3.05) is 30.8 Å². The van der Waals surface area contributed by atoms with Gasteiger partial charge in [0, 0.05) is 60.4 Å². The van der Waals surface area contributed by atoms with E-state index in [1.807, 2.05) is 12.3 Å². The number of nitrogens with one attached hydrogen (secondary N) is 3. The molecular formula is C26H33N6O2P. The number of aromatic amines is 1. The second-order valence-electron chi connectivity index (χ2n) is 10.4. The number of aliphatic hydroxyl groups excluding tert-OH is 1. The van der Waals surface area contributed by atoms with E-state index in [2.05, 4.69) is 40.5 Å². The van der Waals surface area contributed by atoms with Crippen LogP contribution in [0.1, 0.15) is 50.7 Å². The maximum absolute atomic E-state index is 13.8. The Morgan fingerprint density at radius 2 is 2.11 bits per heavy atom. The maximum Gasteiger partial charge on any atom is 0.223 e. The Balaban J connectivity index is 1.56. The molecule has 3 aromatic rings. The molecule has 0 saturated carbocycles. The number of nitriles is 1. The topological polar surface area (TPSA) is 127 Å². The van der Waals surface area contributed by atoms with Crippen LogP contribution in [0.3, 0.4) is 0 Å². The van der Waals surface area contributed by atoms with E-state index in [1.54, 1.807) is 12.3 Å². The zero-order valence-corrected chi connectivity index (χ0v) is 21.3. The quantitative estimate of drug-likeness (QED) is 0.386. The molecule has 0 radical (unpaired) electrons. The van der Waals surface area contributed by atoms with Gasteiger partial charge in [-0.25, -0.2) is 9.97 Å². The number of anilines is 1. The lowest BCUT2D eigenvalue weighted by Gasteiger charge is -2.36. The van der Waals surface area contributed by atoms with Crippen LogP contribution in [0.15, 0.2) is 24.5 Å². The summed E-state index contributed by atoms with van der Waals surface area (Å²) in [5.41, 5.74) is 3.86. The van der Waals surface area contributed by atoms with E-state index in [-0.39, 0.29) is 18.2 Å². The number of nitrogens with zero attached hydrogens (tertiary/aromatic N) is 3. The zero-order chi connectivity index (χ0) is 24.6. The van der Waals surface area contributed by atoms with Crippen molar-refractivity contribution in [3.8, 4) is 17.3 Å². The lowest BCUT2D eigenvalue weighted by molar-refractivity contribution is 0.289. The van der Waals surface area contributed by atoms with Crippen LogP contribution in [0, 0.1) is 11.3 Å². The minimum atomic E-state index is -2.62. The molecule has 0 unspecified atom stereocenters. The zero-order valence-electron chi connectivity index (χ0n) is 20.4. The van der Waals surface area contributed by atoms with Gasteiger partial charge in [-0.3, -0.25) is 0 Å². The van der Waals surface area contributed by atoms with Gasteiger partial charge in [-0.05, 0) is 57.6 Å². The van der Waals surface area contributed by atoms with Gasteiger partial charge in [0.2, 0.25) is 5.95 Å². The number of piperidine rings is 1.